The van der Waals surface area contributed by atoms with E-state index < -0.39 is 5.91 Å². The minimum absolute atomic E-state index is 0. The normalized spacial score (nSPS) is 10.0. The lowest BCUT2D eigenvalue weighted by Gasteiger charge is -2.05. The first kappa shape index (κ1) is 15.1. The van der Waals surface area contributed by atoms with Gasteiger partial charge in [-0.1, -0.05) is 6.07 Å². The number of carbonyl (C=O) groups is 1. The lowest BCUT2D eigenvalue weighted by atomic mass is 10.2. The molecule has 2 heterocycles. The van der Waals surface area contributed by atoms with Crippen molar-refractivity contribution in [1.82, 2.24) is 14.7 Å². The first-order chi connectivity index (χ1) is 8.63. The van der Waals surface area contributed by atoms with Crippen molar-refractivity contribution in [2.45, 2.75) is 6.92 Å². The highest BCUT2D eigenvalue weighted by atomic mass is 35.5. The zero-order valence-corrected chi connectivity index (χ0v) is 11.2. The molecule has 2 aromatic heterocycles. The van der Waals surface area contributed by atoms with Crippen LogP contribution in [0, 0.1) is 6.92 Å². The molecule has 6 nitrogen and oxygen atoms in total. The molecule has 0 spiro atoms. The molecule has 0 saturated carbocycles. The van der Waals surface area contributed by atoms with Crippen molar-refractivity contribution in [2.75, 3.05) is 13.1 Å². The van der Waals surface area contributed by atoms with E-state index in [2.05, 4.69) is 10.3 Å². The van der Waals surface area contributed by atoms with Crippen molar-refractivity contribution in [3.05, 3.63) is 46.0 Å². The van der Waals surface area contributed by atoms with Gasteiger partial charge < -0.3 is 11.1 Å². The summed E-state index contributed by atoms with van der Waals surface area (Å²) in [6, 6.07) is 3.59. The second kappa shape index (κ2) is 6.31. The van der Waals surface area contributed by atoms with E-state index >= 15 is 0 Å². The number of hydrogen-bond donors (Lipinski definition) is 2. The molecule has 3 N–H and O–H groups in total. The van der Waals surface area contributed by atoms with Gasteiger partial charge in [0.1, 0.15) is 11.2 Å². The minimum atomic E-state index is -0.450. The first-order valence-corrected chi connectivity index (χ1v) is 5.60. The SMILES string of the molecule is Cc1ccc2ncc(C(=O)NCCN)c(=O)n2c1.Cl. The predicted molar refractivity (Wildman–Crippen MR) is 74.8 cm³/mol. The summed E-state index contributed by atoms with van der Waals surface area (Å²) in [5.74, 6) is -0.450. The van der Waals surface area contributed by atoms with E-state index in [1.54, 1.807) is 12.3 Å². The van der Waals surface area contributed by atoms with Crippen molar-refractivity contribution in [3.63, 3.8) is 0 Å². The van der Waals surface area contributed by atoms with Gasteiger partial charge in [-0.2, -0.15) is 0 Å². The molecule has 0 atom stereocenters. The summed E-state index contributed by atoms with van der Waals surface area (Å²) in [7, 11) is 0. The van der Waals surface area contributed by atoms with Gasteiger partial charge >= 0.3 is 0 Å². The molecule has 0 fully saturated rings. The Morgan fingerprint density at radius 2 is 2.21 bits per heavy atom. The highest BCUT2D eigenvalue weighted by Crippen LogP contribution is 2.01. The smallest absolute Gasteiger partial charge is 0.270 e. The molecule has 0 aromatic carbocycles. The number of nitrogens with zero attached hydrogens (tertiary/aromatic N) is 2. The maximum absolute atomic E-state index is 12.1. The molecule has 0 aliphatic rings. The minimum Gasteiger partial charge on any atom is -0.351 e. The Balaban J connectivity index is 0.00000180. The highest BCUT2D eigenvalue weighted by Gasteiger charge is 2.12. The molecular weight excluding hydrogens is 268 g/mol. The maximum Gasteiger partial charge on any atom is 0.270 e. The van der Waals surface area contributed by atoms with Gasteiger partial charge in [0, 0.05) is 25.5 Å². The summed E-state index contributed by atoms with van der Waals surface area (Å²) in [5, 5.41) is 2.55. The summed E-state index contributed by atoms with van der Waals surface area (Å²) in [6.07, 6.45) is 2.95. The van der Waals surface area contributed by atoms with Gasteiger partial charge in [-0.3, -0.25) is 14.0 Å². The van der Waals surface area contributed by atoms with Gasteiger partial charge in [0.25, 0.3) is 11.5 Å². The Bertz CT molecular complexity index is 654. The Morgan fingerprint density at radius 1 is 1.47 bits per heavy atom. The van der Waals surface area contributed by atoms with Crippen molar-refractivity contribution in [2.24, 2.45) is 5.73 Å². The third kappa shape index (κ3) is 3.10. The fourth-order valence-electron chi connectivity index (χ4n) is 1.62. The van der Waals surface area contributed by atoms with Crippen LogP contribution in [0.4, 0.5) is 0 Å². The van der Waals surface area contributed by atoms with E-state index in [9.17, 15) is 9.59 Å². The summed E-state index contributed by atoms with van der Waals surface area (Å²) >= 11 is 0. The zero-order valence-electron chi connectivity index (χ0n) is 10.4. The number of aromatic nitrogens is 2. The largest absolute Gasteiger partial charge is 0.351 e. The summed E-state index contributed by atoms with van der Waals surface area (Å²) in [5.41, 5.74) is 6.37. The second-order valence-electron chi connectivity index (χ2n) is 3.96. The molecule has 102 valence electrons. The highest BCUT2D eigenvalue weighted by molar-refractivity contribution is 5.93. The van der Waals surface area contributed by atoms with Gasteiger partial charge in [0.2, 0.25) is 0 Å². The van der Waals surface area contributed by atoms with Crippen molar-refractivity contribution in [1.29, 1.82) is 0 Å². The fraction of sp³-hybridized carbons (Fsp3) is 0.250. The van der Waals surface area contributed by atoms with Crippen LogP contribution in [0.5, 0.6) is 0 Å². The van der Waals surface area contributed by atoms with Gasteiger partial charge in [-0.05, 0) is 18.6 Å². The van der Waals surface area contributed by atoms with Crippen LogP contribution in [0.15, 0.2) is 29.3 Å². The number of nitrogens with one attached hydrogen (secondary N) is 1. The molecule has 19 heavy (non-hydrogen) atoms. The number of rotatable bonds is 3. The van der Waals surface area contributed by atoms with E-state index in [1.807, 2.05) is 13.0 Å². The number of carbonyl (C=O) groups excluding carboxylic acids is 1. The maximum atomic E-state index is 12.1. The molecule has 0 aliphatic heterocycles. The molecular formula is C12H15ClN4O2. The van der Waals surface area contributed by atoms with Crippen molar-refractivity contribution in [3.8, 4) is 0 Å². The molecule has 0 saturated heterocycles. The van der Waals surface area contributed by atoms with Crippen LogP contribution in [0.2, 0.25) is 0 Å². The lowest BCUT2D eigenvalue weighted by Crippen LogP contribution is -2.34. The average Bonchev–Trinajstić information content (AvgIpc) is 2.37. The molecule has 2 rings (SSSR count). The van der Waals surface area contributed by atoms with Gasteiger partial charge in [0.15, 0.2) is 0 Å². The van der Waals surface area contributed by atoms with Gasteiger partial charge in [0.05, 0.1) is 0 Å². The van der Waals surface area contributed by atoms with E-state index in [4.69, 9.17) is 5.73 Å². The number of pyridine rings is 1. The van der Waals surface area contributed by atoms with E-state index in [1.165, 1.54) is 10.6 Å². The summed E-state index contributed by atoms with van der Waals surface area (Å²) < 4.78 is 1.37. The Labute approximate surface area is 116 Å². The Morgan fingerprint density at radius 3 is 2.89 bits per heavy atom. The van der Waals surface area contributed by atoms with Crippen LogP contribution >= 0.6 is 12.4 Å². The van der Waals surface area contributed by atoms with Crippen LogP contribution < -0.4 is 16.6 Å². The third-order valence-corrected chi connectivity index (χ3v) is 2.52. The number of hydrogen-bond acceptors (Lipinski definition) is 4. The number of fused-ring (bicyclic) bond motifs is 1. The van der Waals surface area contributed by atoms with Gasteiger partial charge in [-0.15, -0.1) is 12.4 Å². The number of amides is 1. The summed E-state index contributed by atoms with van der Waals surface area (Å²) in [6.45, 7) is 2.52. The molecule has 0 unspecified atom stereocenters. The Kier molecular flexibility index (Phi) is 5.02. The van der Waals surface area contributed by atoms with E-state index in [0.29, 0.717) is 18.7 Å². The predicted octanol–water partition coefficient (Wildman–Crippen LogP) is 0.113. The van der Waals surface area contributed by atoms with Crippen LogP contribution in [0.25, 0.3) is 5.65 Å². The molecule has 0 radical (unpaired) electrons. The number of nitrogens with two attached hydrogens (primary N) is 1. The Hall–Kier alpha value is -1.92. The standard InChI is InChI=1S/C12H14N4O2.ClH/c1-8-2-3-10-15-6-9(11(17)14-5-4-13)12(18)16(10)7-8;/h2-3,6-7H,4-5,13H2,1H3,(H,14,17);1H. The van der Waals surface area contributed by atoms with Crippen LogP contribution in [0.3, 0.4) is 0 Å². The zero-order chi connectivity index (χ0) is 13.1. The quantitative estimate of drug-likeness (QED) is 0.836. The molecule has 0 bridgehead atoms. The molecule has 0 aliphatic carbocycles. The van der Waals surface area contributed by atoms with Crippen molar-refractivity contribution >= 4 is 24.0 Å². The van der Waals surface area contributed by atoms with E-state index in [-0.39, 0.29) is 23.5 Å². The fourth-order valence-corrected chi connectivity index (χ4v) is 1.62. The third-order valence-electron chi connectivity index (χ3n) is 2.52. The van der Waals surface area contributed by atoms with Crippen LogP contribution in [0.1, 0.15) is 15.9 Å². The molecule has 7 heteroatoms. The molecule has 1 amide bonds. The summed E-state index contributed by atoms with van der Waals surface area (Å²) in [4.78, 5) is 27.9. The number of aryl methyl sites for hydroxylation is 1. The first-order valence-electron chi connectivity index (χ1n) is 5.60. The number of halogens is 1. The van der Waals surface area contributed by atoms with E-state index in [0.717, 1.165) is 5.56 Å². The topological polar surface area (TPSA) is 89.5 Å². The molecule has 2 aromatic rings. The van der Waals surface area contributed by atoms with Crippen LogP contribution in [-0.2, 0) is 0 Å². The average molecular weight is 283 g/mol. The van der Waals surface area contributed by atoms with Gasteiger partial charge in [-0.25, -0.2) is 4.98 Å². The van der Waals surface area contributed by atoms with Crippen LogP contribution in [-0.4, -0.2) is 28.4 Å². The second-order valence-corrected chi connectivity index (χ2v) is 3.96. The lowest BCUT2D eigenvalue weighted by molar-refractivity contribution is 0.0952. The van der Waals surface area contributed by atoms with Crippen molar-refractivity contribution < 1.29 is 4.79 Å². The monoisotopic (exact) mass is 282 g/mol.